The van der Waals surface area contributed by atoms with E-state index in [9.17, 15) is 0 Å². The van der Waals surface area contributed by atoms with Crippen molar-refractivity contribution in [3.63, 3.8) is 0 Å². The second kappa shape index (κ2) is 3.34. The van der Waals surface area contributed by atoms with Gasteiger partial charge in [-0.3, -0.25) is 0 Å². The Labute approximate surface area is 88.6 Å². The first-order valence-corrected chi connectivity index (χ1v) is 4.73. The Balaban J connectivity index is 3.60. The van der Waals surface area contributed by atoms with E-state index in [-0.39, 0.29) is 18.1 Å². The van der Waals surface area contributed by atoms with Gasteiger partial charge in [-0.05, 0) is 66.5 Å². The Morgan fingerprint density at radius 3 is 2.22 bits per heavy atom. The molecule has 0 amide bonds. The fourth-order valence-corrected chi connectivity index (χ4v) is 1.48. The zero-order valence-corrected chi connectivity index (χ0v) is 9.46. The van der Waals surface area contributed by atoms with Crippen LogP contribution < -0.4 is 0 Å². The van der Waals surface area contributed by atoms with E-state index in [1.165, 1.54) is 0 Å². The van der Waals surface area contributed by atoms with Crippen molar-refractivity contribution in [2.45, 2.75) is 0 Å². The molecule has 0 spiro atoms. The molecule has 0 aliphatic carbocycles. The van der Waals surface area contributed by atoms with Crippen molar-refractivity contribution in [1.29, 1.82) is 0 Å². The lowest BCUT2D eigenvalue weighted by molar-refractivity contribution is 1.53. The first-order valence-electron chi connectivity index (χ1n) is 3.57. The summed E-state index contributed by atoms with van der Waals surface area (Å²) in [5.74, 6) is 0. The van der Waals surface area contributed by atoms with Crippen LogP contribution in [0.2, 0.25) is 0 Å². The molecular weight excluding hydrogens is 359 g/mol. The first-order chi connectivity index (χ1) is 5.46. The second-order valence-corrected chi connectivity index (χ2v) is 3.98. The summed E-state index contributed by atoms with van der Waals surface area (Å²) in [5.41, 5.74) is 0. The lowest BCUT2D eigenvalue weighted by atomic mass is 10.4. The fraction of sp³-hybridized carbons (Fsp3) is 0. The highest BCUT2D eigenvalue weighted by Gasteiger charge is 1.97. The van der Waals surface area contributed by atoms with Crippen LogP contribution in [0.15, 0.2) is 27.1 Å². The minimum absolute atomic E-state index is 0.0610. The van der Waals surface area contributed by atoms with Crippen molar-refractivity contribution in [1.82, 2.24) is 0 Å². The van der Waals surface area contributed by atoms with Crippen LogP contribution in [-0.2, 0) is 0 Å². The normalized spacial score (nSPS) is 14.3. The molecule has 0 atom stereocenters. The maximum Gasteiger partial charge on any atom is 0.0635 e. The molecule has 0 saturated carbocycles. The summed E-state index contributed by atoms with van der Waals surface area (Å²) in [7, 11) is 0. The number of halogens is 3. The Morgan fingerprint density at radius 2 is 1.78 bits per heavy atom. The summed E-state index contributed by atoms with van der Waals surface area (Å²) >= 11 is 8.39. The number of hydrogen-bond donors (Lipinski definition) is 0. The highest BCUT2D eigenvalue weighted by atomic mass is 127. The van der Waals surface area contributed by atoms with Crippen molar-refractivity contribution in [2.24, 2.45) is 0 Å². The van der Waals surface area contributed by atoms with Crippen molar-refractivity contribution in [2.75, 3.05) is 0 Å². The molecule has 0 aromatic heterocycles. The Bertz CT molecular complexity index is 235. The topological polar surface area (TPSA) is 0 Å². The van der Waals surface area contributed by atoms with E-state index in [0.29, 0.717) is 8.95 Å². The summed E-state index contributed by atoms with van der Waals surface area (Å²) in [6.07, 6.45) is 0. The van der Waals surface area contributed by atoms with Gasteiger partial charge in [-0.15, -0.1) is 0 Å². The van der Waals surface area contributed by atoms with Crippen molar-refractivity contribution >= 4 is 54.5 Å². The molecule has 48 valence electrons. The third-order valence-electron chi connectivity index (χ3n) is 0.730. The molecule has 0 unspecified atom stereocenters. The van der Waals surface area contributed by atoms with Gasteiger partial charge in [-0.25, -0.2) is 0 Å². The van der Waals surface area contributed by atoms with Gasteiger partial charge in [-0.2, -0.15) is 0 Å². The minimum atomic E-state index is -0.0610. The summed E-state index contributed by atoms with van der Waals surface area (Å²) in [4.78, 5) is 0. The van der Waals surface area contributed by atoms with Gasteiger partial charge in [0, 0.05) is 12.5 Å². The maximum atomic E-state index is 7.44. The van der Waals surface area contributed by atoms with Crippen molar-refractivity contribution in [3.05, 3.63) is 30.6 Å². The lowest BCUT2D eigenvalue weighted by Crippen LogP contribution is -1.73. The monoisotopic (exact) mass is 363 g/mol. The highest BCUT2D eigenvalue weighted by molar-refractivity contribution is 14.1. The van der Waals surface area contributed by atoms with Crippen molar-refractivity contribution < 1.29 is 4.11 Å². The summed E-state index contributed by atoms with van der Waals surface area (Å²) in [6, 6.07) is 0.0642. The number of rotatable bonds is 0. The Hall–Kier alpha value is 0.910. The predicted octanol–water partition coefficient (Wildman–Crippen LogP) is 3.82. The van der Waals surface area contributed by atoms with Gasteiger partial charge >= 0.3 is 0 Å². The molecule has 0 radical (unpaired) electrons. The Kier molecular flexibility index (Phi) is 1.75. The molecule has 0 fully saturated rings. The molecular formula is C6H3Br2I. The van der Waals surface area contributed by atoms with Gasteiger partial charge < -0.3 is 0 Å². The fourth-order valence-electron chi connectivity index (χ4n) is 0.347. The van der Waals surface area contributed by atoms with Crippen LogP contribution in [0.4, 0.5) is 0 Å². The molecule has 0 heterocycles. The lowest BCUT2D eigenvalue weighted by Gasteiger charge is -1.95. The summed E-state index contributed by atoms with van der Waals surface area (Å²) < 4.78 is 24.2. The summed E-state index contributed by atoms with van der Waals surface area (Å²) in [6.45, 7) is 0. The van der Waals surface area contributed by atoms with Gasteiger partial charge in [0.25, 0.3) is 0 Å². The van der Waals surface area contributed by atoms with Crippen molar-refractivity contribution in [3.8, 4) is 0 Å². The molecule has 1 rings (SSSR count). The van der Waals surface area contributed by atoms with E-state index >= 15 is 0 Å². The minimum Gasteiger partial charge on any atom is -0.0599 e. The molecule has 0 aliphatic heterocycles. The van der Waals surface area contributed by atoms with E-state index in [0.717, 1.165) is 3.57 Å². The number of hydrogen-bond acceptors (Lipinski definition) is 0. The van der Waals surface area contributed by atoms with Gasteiger partial charge in [0.2, 0.25) is 0 Å². The van der Waals surface area contributed by atoms with Crippen LogP contribution in [0.5, 0.6) is 0 Å². The van der Waals surface area contributed by atoms with Crippen LogP contribution in [-0.4, -0.2) is 0 Å². The third kappa shape index (κ3) is 1.91. The van der Waals surface area contributed by atoms with Crippen LogP contribution >= 0.6 is 54.5 Å². The van der Waals surface area contributed by atoms with E-state index in [2.05, 4.69) is 31.9 Å². The Morgan fingerprint density at radius 1 is 1.33 bits per heavy atom. The van der Waals surface area contributed by atoms with Gasteiger partial charge in [-0.1, -0.05) is 6.04 Å². The van der Waals surface area contributed by atoms with Crippen LogP contribution in [0, 0.1) is 3.57 Å². The molecule has 1 aromatic rings. The molecule has 0 bridgehead atoms. The molecule has 1 aromatic carbocycles. The quantitative estimate of drug-likeness (QED) is 0.485. The van der Waals surface area contributed by atoms with Crippen LogP contribution in [0.1, 0.15) is 4.11 Å². The zero-order valence-electron chi connectivity index (χ0n) is 7.13. The molecule has 0 nitrogen and oxygen atoms in total. The molecule has 0 saturated heterocycles. The van der Waals surface area contributed by atoms with E-state index in [1.807, 2.05) is 22.6 Å². The summed E-state index contributed by atoms with van der Waals surface area (Å²) in [5, 5.41) is 0. The zero-order chi connectivity index (χ0) is 9.46. The standard InChI is InChI=1S/C6H3Br2I/c7-4-2-1-3-5(8)6(4)9/h1-3H/i1D,2D,3D. The average Bonchev–Trinajstić information content (AvgIpc) is 2.08. The molecule has 0 aliphatic rings. The predicted molar refractivity (Wildman–Crippen MR) is 54.6 cm³/mol. The highest BCUT2D eigenvalue weighted by Crippen LogP contribution is 2.25. The smallest absolute Gasteiger partial charge is 0.0599 e. The average molecular weight is 365 g/mol. The van der Waals surface area contributed by atoms with Crippen LogP contribution in [0.25, 0.3) is 0 Å². The SMILES string of the molecule is [2H]c1c([2H])c(Br)c(I)c(Br)c1[2H]. The van der Waals surface area contributed by atoms with Gasteiger partial charge in [0.05, 0.1) is 4.11 Å². The molecule has 3 heteroatoms. The van der Waals surface area contributed by atoms with E-state index < -0.39 is 0 Å². The van der Waals surface area contributed by atoms with Gasteiger partial charge in [0.15, 0.2) is 0 Å². The largest absolute Gasteiger partial charge is 0.0635 e. The third-order valence-corrected chi connectivity index (χ3v) is 4.48. The second-order valence-electron chi connectivity index (χ2n) is 1.32. The van der Waals surface area contributed by atoms with E-state index in [4.69, 9.17) is 4.11 Å². The van der Waals surface area contributed by atoms with E-state index in [1.54, 1.807) is 0 Å². The molecule has 9 heavy (non-hydrogen) atoms. The number of benzene rings is 1. The maximum absolute atomic E-state index is 7.44. The van der Waals surface area contributed by atoms with Crippen LogP contribution in [0.3, 0.4) is 0 Å². The molecule has 0 N–H and O–H groups in total. The van der Waals surface area contributed by atoms with Gasteiger partial charge in [0.1, 0.15) is 0 Å². The first kappa shape index (κ1) is 4.72.